The lowest BCUT2D eigenvalue weighted by atomic mass is 10.2. The van der Waals surface area contributed by atoms with Crippen LogP contribution in [0.15, 0.2) is 30.3 Å². The third kappa shape index (κ3) is 5.35. The Morgan fingerprint density at radius 1 is 1.04 bits per heavy atom. The molecule has 0 aliphatic heterocycles. The molecule has 152 valence electrons. The van der Waals surface area contributed by atoms with Crippen molar-refractivity contribution in [2.45, 2.75) is 0 Å². The molecule has 0 aliphatic carbocycles. The number of sulfonamides is 1. The van der Waals surface area contributed by atoms with Crippen LogP contribution in [0.5, 0.6) is 11.5 Å². The van der Waals surface area contributed by atoms with E-state index in [0.717, 1.165) is 10.6 Å². The van der Waals surface area contributed by atoms with Crippen molar-refractivity contribution in [1.82, 2.24) is 0 Å². The molecule has 0 spiro atoms. The maximum atomic E-state index is 12.6. The molecule has 0 unspecified atom stereocenters. The molecule has 1 N–H and O–H groups in total. The molecular formula is C17H17Cl3N2O5S. The van der Waals surface area contributed by atoms with Gasteiger partial charge in [0.1, 0.15) is 18.0 Å². The largest absolute Gasteiger partial charge is 0.497 e. The van der Waals surface area contributed by atoms with E-state index < -0.39 is 22.5 Å². The molecular weight excluding hydrogens is 451 g/mol. The van der Waals surface area contributed by atoms with Crippen LogP contribution in [0.25, 0.3) is 0 Å². The van der Waals surface area contributed by atoms with Crippen molar-refractivity contribution in [2.75, 3.05) is 36.6 Å². The molecule has 7 nitrogen and oxygen atoms in total. The highest BCUT2D eigenvalue weighted by molar-refractivity contribution is 7.92. The van der Waals surface area contributed by atoms with Gasteiger partial charge in [-0.3, -0.25) is 9.10 Å². The van der Waals surface area contributed by atoms with Gasteiger partial charge in [-0.25, -0.2) is 8.42 Å². The van der Waals surface area contributed by atoms with Crippen LogP contribution in [0.4, 0.5) is 11.4 Å². The molecule has 0 fully saturated rings. The Morgan fingerprint density at radius 2 is 1.68 bits per heavy atom. The Bertz CT molecular complexity index is 999. The summed E-state index contributed by atoms with van der Waals surface area (Å²) >= 11 is 18.0. The van der Waals surface area contributed by atoms with Crippen molar-refractivity contribution in [1.29, 1.82) is 0 Å². The number of nitrogens with zero attached hydrogens (tertiary/aromatic N) is 1. The summed E-state index contributed by atoms with van der Waals surface area (Å²) in [5, 5.41) is 2.90. The Morgan fingerprint density at radius 3 is 2.25 bits per heavy atom. The summed E-state index contributed by atoms with van der Waals surface area (Å²) in [5.41, 5.74) is 0.354. The summed E-state index contributed by atoms with van der Waals surface area (Å²) in [6, 6.07) is 7.41. The fourth-order valence-corrected chi connectivity index (χ4v) is 3.87. The Hall–Kier alpha value is -1.87. The molecule has 0 radical (unpaired) electrons. The van der Waals surface area contributed by atoms with Crippen molar-refractivity contribution < 1.29 is 22.7 Å². The SMILES string of the molecule is COc1ccc(OC)c(NC(=O)CN(c2cc(Cl)c(Cl)cc2Cl)S(C)(=O)=O)c1. The molecule has 1 amide bonds. The van der Waals surface area contributed by atoms with Gasteiger partial charge in [-0.1, -0.05) is 34.8 Å². The lowest BCUT2D eigenvalue weighted by Crippen LogP contribution is -2.37. The van der Waals surface area contributed by atoms with E-state index in [1.807, 2.05) is 0 Å². The second-order valence-corrected chi connectivity index (χ2v) is 8.73. The Labute approximate surface area is 178 Å². The van der Waals surface area contributed by atoms with Crippen LogP contribution in [0.3, 0.4) is 0 Å². The molecule has 11 heteroatoms. The fraction of sp³-hybridized carbons (Fsp3) is 0.235. The minimum atomic E-state index is -3.86. The second kappa shape index (κ2) is 9.09. The third-order valence-electron chi connectivity index (χ3n) is 3.63. The van der Waals surface area contributed by atoms with Gasteiger partial charge in [0, 0.05) is 6.07 Å². The first-order valence-electron chi connectivity index (χ1n) is 7.71. The standard InChI is InChI=1S/C17H17Cl3N2O5S/c1-26-10-4-5-16(27-2)14(6-10)21-17(23)9-22(28(3,24)25)15-8-12(19)11(18)7-13(15)20/h4-8H,9H2,1-3H3,(H,21,23). The minimum Gasteiger partial charge on any atom is -0.497 e. The molecule has 0 saturated heterocycles. The lowest BCUT2D eigenvalue weighted by Gasteiger charge is -2.23. The van der Waals surface area contributed by atoms with E-state index in [4.69, 9.17) is 44.3 Å². The smallest absolute Gasteiger partial charge is 0.245 e. The van der Waals surface area contributed by atoms with Gasteiger partial charge in [0.15, 0.2) is 0 Å². The Kier molecular flexibility index (Phi) is 7.28. The van der Waals surface area contributed by atoms with Gasteiger partial charge < -0.3 is 14.8 Å². The van der Waals surface area contributed by atoms with Crippen LogP contribution >= 0.6 is 34.8 Å². The first-order chi connectivity index (χ1) is 13.1. The monoisotopic (exact) mass is 466 g/mol. The van der Waals surface area contributed by atoms with E-state index in [1.165, 1.54) is 26.4 Å². The van der Waals surface area contributed by atoms with Crippen molar-refractivity contribution in [3.05, 3.63) is 45.4 Å². The van der Waals surface area contributed by atoms with Crippen molar-refractivity contribution in [3.8, 4) is 11.5 Å². The fourth-order valence-electron chi connectivity index (χ4n) is 2.32. The summed E-state index contributed by atoms with van der Waals surface area (Å²) in [6.45, 7) is -0.545. The van der Waals surface area contributed by atoms with E-state index in [0.29, 0.717) is 17.2 Å². The quantitative estimate of drug-likeness (QED) is 0.621. The first-order valence-corrected chi connectivity index (χ1v) is 10.7. The summed E-state index contributed by atoms with van der Waals surface area (Å²) < 4.78 is 35.7. The molecule has 28 heavy (non-hydrogen) atoms. The number of benzene rings is 2. The molecule has 0 atom stereocenters. The van der Waals surface area contributed by atoms with Crippen LogP contribution in [0.1, 0.15) is 0 Å². The third-order valence-corrected chi connectivity index (χ3v) is 5.78. The summed E-state index contributed by atoms with van der Waals surface area (Å²) in [4.78, 5) is 12.6. The number of methoxy groups -OCH3 is 2. The van der Waals surface area contributed by atoms with Gasteiger partial charge in [0.2, 0.25) is 15.9 Å². The number of halogens is 3. The highest BCUT2D eigenvalue weighted by Crippen LogP contribution is 2.36. The van der Waals surface area contributed by atoms with Gasteiger partial charge in [-0.05, 0) is 24.3 Å². The van der Waals surface area contributed by atoms with E-state index >= 15 is 0 Å². The predicted octanol–water partition coefficient (Wildman–Crippen LogP) is 4.07. The van der Waals surface area contributed by atoms with Crippen LogP contribution in [0.2, 0.25) is 15.1 Å². The maximum absolute atomic E-state index is 12.6. The molecule has 2 aromatic rings. The molecule has 0 aromatic heterocycles. The first kappa shape index (κ1) is 22.4. The Balaban J connectivity index is 2.35. The molecule has 0 saturated carbocycles. The number of amides is 1. The van der Waals surface area contributed by atoms with Gasteiger partial charge >= 0.3 is 0 Å². The second-order valence-electron chi connectivity index (χ2n) is 5.60. The zero-order valence-corrected chi connectivity index (χ0v) is 18.2. The zero-order valence-electron chi connectivity index (χ0n) is 15.1. The number of anilines is 2. The normalized spacial score (nSPS) is 11.1. The van der Waals surface area contributed by atoms with Crippen LogP contribution < -0.4 is 19.1 Å². The summed E-state index contributed by atoms with van der Waals surface area (Å²) in [5.74, 6) is 0.246. The molecule has 2 aromatic carbocycles. The van der Waals surface area contributed by atoms with Gasteiger partial charge in [0.25, 0.3) is 0 Å². The molecule has 2 rings (SSSR count). The number of ether oxygens (including phenoxy) is 2. The lowest BCUT2D eigenvalue weighted by molar-refractivity contribution is -0.114. The van der Waals surface area contributed by atoms with Crippen molar-refractivity contribution in [2.24, 2.45) is 0 Å². The summed E-state index contributed by atoms with van der Waals surface area (Å²) in [7, 11) is -0.938. The van der Waals surface area contributed by atoms with E-state index in [9.17, 15) is 13.2 Å². The minimum absolute atomic E-state index is 0.0336. The van der Waals surface area contributed by atoms with Crippen LogP contribution in [0, 0.1) is 0 Å². The van der Waals surface area contributed by atoms with Gasteiger partial charge in [0.05, 0.1) is 46.9 Å². The molecule has 0 heterocycles. The molecule has 0 bridgehead atoms. The van der Waals surface area contributed by atoms with E-state index in [2.05, 4.69) is 5.32 Å². The zero-order chi connectivity index (χ0) is 21.1. The number of hydrogen-bond acceptors (Lipinski definition) is 5. The van der Waals surface area contributed by atoms with Crippen LogP contribution in [-0.4, -0.2) is 41.3 Å². The topological polar surface area (TPSA) is 84.9 Å². The highest BCUT2D eigenvalue weighted by Gasteiger charge is 2.24. The predicted molar refractivity (Wildman–Crippen MR) is 112 cm³/mol. The van der Waals surface area contributed by atoms with Gasteiger partial charge in [-0.2, -0.15) is 0 Å². The highest BCUT2D eigenvalue weighted by atomic mass is 35.5. The van der Waals surface area contributed by atoms with Gasteiger partial charge in [-0.15, -0.1) is 0 Å². The number of carbonyl (C=O) groups excluding carboxylic acids is 1. The van der Waals surface area contributed by atoms with Crippen molar-refractivity contribution in [3.63, 3.8) is 0 Å². The van der Waals surface area contributed by atoms with E-state index in [-0.39, 0.29) is 20.8 Å². The molecule has 0 aliphatic rings. The maximum Gasteiger partial charge on any atom is 0.245 e. The van der Waals surface area contributed by atoms with Crippen molar-refractivity contribution >= 4 is 62.1 Å². The number of carbonyl (C=O) groups is 1. The average Bonchev–Trinajstić information content (AvgIpc) is 2.62. The number of rotatable bonds is 7. The average molecular weight is 468 g/mol. The summed E-state index contributed by atoms with van der Waals surface area (Å²) in [6.07, 6.45) is 0.950. The van der Waals surface area contributed by atoms with E-state index in [1.54, 1.807) is 18.2 Å². The number of nitrogens with one attached hydrogen (secondary N) is 1. The number of hydrogen-bond donors (Lipinski definition) is 1. The van der Waals surface area contributed by atoms with Crippen LogP contribution in [-0.2, 0) is 14.8 Å².